The quantitative estimate of drug-likeness (QED) is 0.604. The first-order valence-electron chi connectivity index (χ1n) is 4.36. The molecule has 15 heavy (non-hydrogen) atoms. The van der Waals surface area contributed by atoms with Crippen molar-refractivity contribution in [3.05, 3.63) is 36.0 Å². The summed E-state index contributed by atoms with van der Waals surface area (Å²) < 4.78 is 9.28. The summed E-state index contributed by atoms with van der Waals surface area (Å²) in [7, 11) is 0. The number of hydrogen-bond acceptors (Lipinski definition) is 6. The summed E-state index contributed by atoms with van der Waals surface area (Å²) in [5, 5.41) is 4.63. The standard InChI is InChI=1S/C9H10N4OS/c10-11-9-8(12-13-15-9)6-14-7-4-2-1-3-5-7/h1-5,11H,6,10H2. The highest BCUT2D eigenvalue weighted by molar-refractivity contribution is 7.10. The molecule has 0 spiro atoms. The molecule has 3 N–H and O–H groups in total. The summed E-state index contributed by atoms with van der Waals surface area (Å²) in [5.74, 6) is 6.09. The number of hydrazine groups is 1. The number of nitrogens with one attached hydrogen (secondary N) is 1. The lowest BCUT2D eigenvalue weighted by Crippen LogP contribution is -2.08. The normalized spacial score (nSPS) is 9.93. The molecule has 0 bridgehead atoms. The molecule has 0 unspecified atom stereocenters. The zero-order valence-electron chi connectivity index (χ0n) is 7.88. The lowest BCUT2D eigenvalue weighted by atomic mass is 10.3. The zero-order valence-corrected chi connectivity index (χ0v) is 8.70. The van der Waals surface area contributed by atoms with E-state index in [0.29, 0.717) is 12.3 Å². The van der Waals surface area contributed by atoms with Gasteiger partial charge in [0.1, 0.15) is 18.1 Å². The van der Waals surface area contributed by atoms with E-state index >= 15 is 0 Å². The molecule has 0 aliphatic rings. The van der Waals surface area contributed by atoms with E-state index in [-0.39, 0.29) is 0 Å². The van der Waals surface area contributed by atoms with Crippen molar-refractivity contribution in [3.63, 3.8) is 0 Å². The number of rotatable bonds is 4. The average Bonchev–Trinajstić information content (AvgIpc) is 2.75. The summed E-state index contributed by atoms with van der Waals surface area (Å²) in [5.41, 5.74) is 3.24. The molecule has 0 saturated heterocycles. The predicted molar refractivity (Wildman–Crippen MR) is 58.5 cm³/mol. The van der Waals surface area contributed by atoms with Crippen molar-refractivity contribution in [3.8, 4) is 5.75 Å². The Morgan fingerprint density at radius 1 is 1.33 bits per heavy atom. The third kappa shape index (κ3) is 2.42. The minimum Gasteiger partial charge on any atom is -0.487 e. The molecule has 78 valence electrons. The van der Waals surface area contributed by atoms with Gasteiger partial charge in [-0.25, -0.2) is 5.84 Å². The van der Waals surface area contributed by atoms with E-state index in [1.54, 1.807) is 0 Å². The van der Waals surface area contributed by atoms with Gasteiger partial charge >= 0.3 is 0 Å². The van der Waals surface area contributed by atoms with E-state index in [1.807, 2.05) is 30.3 Å². The zero-order chi connectivity index (χ0) is 10.5. The van der Waals surface area contributed by atoms with Crippen LogP contribution in [-0.4, -0.2) is 9.59 Å². The molecule has 0 atom stereocenters. The van der Waals surface area contributed by atoms with Gasteiger partial charge in [-0.3, -0.25) is 0 Å². The topological polar surface area (TPSA) is 73.1 Å². The van der Waals surface area contributed by atoms with Crippen LogP contribution in [0.2, 0.25) is 0 Å². The Balaban J connectivity index is 1.99. The summed E-state index contributed by atoms with van der Waals surface area (Å²) in [4.78, 5) is 0. The molecule has 1 aromatic heterocycles. The van der Waals surface area contributed by atoms with Gasteiger partial charge in [-0.1, -0.05) is 22.7 Å². The van der Waals surface area contributed by atoms with Gasteiger partial charge in [-0.05, 0) is 12.1 Å². The molecule has 0 amide bonds. The molecule has 5 nitrogen and oxygen atoms in total. The van der Waals surface area contributed by atoms with Crippen LogP contribution in [0.3, 0.4) is 0 Å². The van der Waals surface area contributed by atoms with Crippen molar-refractivity contribution in [2.45, 2.75) is 6.61 Å². The second-order valence-corrected chi connectivity index (χ2v) is 3.55. The Labute approximate surface area is 91.0 Å². The number of anilines is 1. The van der Waals surface area contributed by atoms with Crippen LogP contribution in [0, 0.1) is 0 Å². The molecule has 0 fully saturated rings. The molecule has 0 saturated carbocycles. The van der Waals surface area contributed by atoms with Crippen LogP contribution in [0.1, 0.15) is 5.69 Å². The maximum atomic E-state index is 5.50. The molecule has 0 aliphatic carbocycles. The van der Waals surface area contributed by atoms with Crippen LogP contribution in [0.15, 0.2) is 30.3 Å². The van der Waals surface area contributed by atoms with Crippen LogP contribution in [0.25, 0.3) is 0 Å². The highest BCUT2D eigenvalue weighted by atomic mass is 32.1. The second-order valence-electron chi connectivity index (χ2n) is 2.79. The Morgan fingerprint density at radius 2 is 2.13 bits per heavy atom. The number of nitrogens with two attached hydrogens (primary N) is 1. The number of hydrogen-bond donors (Lipinski definition) is 2. The average molecular weight is 222 g/mol. The fourth-order valence-corrected chi connectivity index (χ4v) is 1.56. The molecule has 6 heteroatoms. The van der Waals surface area contributed by atoms with Gasteiger partial charge < -0.3 is 10.2 Å². The molecular formula is C9H10N4OS. The first kappa shape index (κ1) is 9.88. The largest absolute Gasteiger partial charge is 0.487 e. The molecule has 1 heterocycles. The van der Waals surface area contributed by atoms with Gasteiger partial charge in [0.25, 0.3) is 0 Å². The van der Waals surface area contributed by atoms with Crippen molar-refractivity contribution in [2.75, 3.05) is 5.43 Å². The number of benzene rings is 1. The van der Waals surface area contributed by atoms with E-state index in [9.17, 15) is 0 Å². The Hall–Kier alpha value is -1.66. The smallest absolute Gasteiger partial charge is 0.150 e. The van der Waals surface area contributed by atoms with E-state index in [2.05, 4.69) is 15.0 Å². The Bertz CT molecular complexity index is 417. The lowest BCUT2D eigenvalue weighted by molar-refractivity contribution is 0.301. The number of nitrogen functional groups attached to an aromatic ring is 1. The summed E-state index contributed by atoms with van der Waals surface area (Å²) >= 11 is 1.21. The SMILES string of the molecule is NNc1snnc1COc1ccccc1. The fraction of sp³-hybridized carbons (Fsp3) is 0.111. The predicted octanol–water partition coefficient (Wildman–Crippen LogP) is 1.40. The van der Waals surface area contributed by atoms with Crippen molar-refractivity contribution in [1.29, 1.82) is 0 Å². The third-order valence-corrected chi connectivity index (χ3v) is 2.50. The minimum atomic E-state index is 0.361. The summed E-state index contributed by atoms with van der Waals surface area (Å²) in [6.07, 6.45) is 0. The van der Waals surface area contributed by atoms with E-state index < -0.39 is 0 Å². The fourth-order valence-electron chi connectivity index (χ4n) is 1.08. The van der Waals surface area contributed by atoms with Crippen molar-refractivity contribution < 1.29 is 4.74 Å². The van der Waals surface area contributed by atoms with E-state index in [4.69, 9.17) is 10.6 Å². The Morgan fingerprint density at radius 3 is 2.87 bits per heavy atom. The van der Waals surface area contributed by atoms with Crippen molar-refractivity contribution in [1.82, 2.24) is 9.59 Å². The molecule has 2 aromatic rings. The third-order valence-electron chi connectivity index (χ3n) is 1.81. The maximum absolute atomic E-state index is 5.50. The van der Waals surface area contributed by atoms with Crippen LogP contribution in [0.4, 0.5) is 5.00 Å². The van der Waals surface area contributed by atoms with Crippen LogP contribution in [0.5, 0.6) is 5.75 Å². The lowest BCUT2D eigenvalue weighted by Gasteiger charge is -2.04. The maximum Gasteiger partial charge on any atom is 0.150 e. The highest BCUT2D eigenvalue weighted by Gasteiger charge is 2.06. The van der Waals surface area contributed by atoms with Crippen molar-refractivity contribution in [2.24, 2.45) is 5.84 Å². The number of para-hydroxylation sites is 1. The first-order valence-corrected chi connectivity index (χ1v) is 5.13. The van der Waals surface area contributed by atoms with Gasteiger partial charge in [-0.2, -0.15) is 0 Å². The number of aromatic nitrogens is 2. The molecule has 2 rings (SSSR count). The number of ether oxygens (including phenoxy) is 1. The Kier molecular flexibility index (Phi) is 3.11. The monoisotopic (exact) mass is 222 g/mol. The highest BCUT2D eigenvalue weighted by Crippen LogP contribution is 2.18. The molecule has 1 aromatic carbocycles. The molecular weight excluding hydrogens is 212 g/mol. The molecule has 0 radical (unpaired) electrons. The van der Waals surface area contributed by atoms with Gasteiger partial charge in [0, 0.05) is 11.5 Å². The number of nitrogens with zero attached hydrogens (tertiary/aromatic N) is 2. The van der Waals surface area contributed by atoms with Gasteiger partial charge in [0.15, 0.2) is 5.00 Å². The van der Waals surface area contributed by atoms with Gasteiger partial charge in [0.2, 0.25) is 0 Å². The summed E-state index contributed by atoms with van der Waals surface area (Å²) in [6, 6.07) is 9.53. The van der Waals surface area contributed by atoms with Gasteiger partial charge in [0.05, 0.1) is 0 Å². The second kappa shape index (κ2) is 4.72. The summed E-state index contributed by atoms with van der Waals surface area (Å²) in [6.45, 7) is 0.361. The van der Waals surface area contributed by atoms with E-state index in [0.717, 1.165) is 10.8 Å². The van der Waals surface area contributed by atoms with E-state index in [1.165, 1.54) is 11.5 Å². The molecule has 0 aliphatic heterocycles. The van der Waals surface area contributed by atoms with Crippen molar-refractivity contribution >= 4 is 16.5 Å². The van der Waals surface area contributed by atoms with Crippen LogP contribution in [-0.2, 0) is 6.61 Å². The van der Waals surface area contributed by atoms with Gasteiger partial charge in [-0.15, -0.1) is 5.10 Å². The minimum absolute atomic E-state index is 0.361. The first-order chi connectivity index (χ1) is 7.40. The van der Waals surface area contributed by atoms with Crippen LogP contribution >= 0.6 is 11.5 Å². The van der Waals surface area contributed by atoms with Crippen LogP contribution < -0.4 is 16.0 Å².